The lowest BCUT2D eigenvalue weighted by molar-refractivity contribution is -0.137. The van der Waals surface area contributed by atoms with E-state index in [4.69, 9.17) is 9.47 Å². The third kappa shape index (κ3) is 7.29. The minimum atomic E-state index is -1.03. The predicted molar refractivity (Wildman–Crippen MR) is 148 cm³/mol. The molecule has 0 radical (unpaired) electrons. The quantitative estimate of drug-likeness (QED) is 0.454. The highest BCUT2D eigenvalue weighted by molar-refractivity contribution is 6.01. The van der Waals surface area contributed by atoms with Gasteiger partial charge in [0, 0.05) is 38.3 Å². The predicted octanol–water partition coefficient (Wildman–Crippen LogP) is 3.34. The second kappa shape index (κ2) is 13.3. The van der Waals surface area contributed by atoms with Gasteiger partial charge in [-0.25, -0.2) is 4.79 Å². The van der Waals surface area contributed by atoms with Crippen LogP contribution in [0.2, 0.25) is 0 Å². The molecule has 2 aliphatic rings. The van der Waals surface area contributed by atoms with Crippen molar-refractivity contribution in [3.05, 3.63) is 59.2 Å². The van der Waals surface area contributed by atoms with Crippen molar-refractivity contribution in [2.45, 2.75) is 44.8 Å². The summed E-state index contributed by atoms with van der Waals surface area (Å²) < 4.78 is 10.4. The Balaban J connectivity index is 1.59. The average Bonchev–Trinajstić information content (AvgIpc) is 3.38. The van der Waals surface area contributed by atoms with E-state index < -0.39 is 24.0 Å². The van der Waals surface area contributed by atoms with Crippen molar-refractivity contribution in [3.8, 4) is 0 Å². The van der Waals surface area contributed by atoms with Gasteiger partial charge in [-0.1, -0.05) is 29.8 Å². The van der Waals surface area contributed by atoms with Gasteiger partial charge in [-0.15, -0.1) is 0 Å². The lowest BCUT2D eigenvalue weighted by atomic mass is 10.0. The van der Waals surface area contributed by atoms with Crippen molar-refractivity contribution in [1.82, 2.24) is 10.2 Å². The Labute approximate surface area is 233 Å². The molecule has 40 heavy (non-hydrogen) atoms. The summed E-state index contributed by atoms with van der Waals surface area (Å²) in [5.74, 6) is -1.78. The van der Waals surface area contributed by atoms with E-state index in [0.717, 1.165) is 17.7 Å². The average molecular weight is 553 g/mol. The maximum atomic E-state index is 13.4. The highest BCUT2D eigenvalue weighted by Gasteiger charge is 2.27. The summed E-state index contributed by atoms with van der Waals surface area (Å²) in [6.07, 6.45) is 0.888. The summed E-state index contributed by atoms with van der Waals surface area (Å²) in [7, 11) is 1.35. The first-order valence-corrected chi connectivity index (χ1v) is 13.5. The molecule has 2 aromatic carbocycles. The molecule has 0 saturated carbocycles. The first kappa shape index (κ1) is 28.9. The second-order valence-electron chi connectivity index (χ2n) is 10.1. The van der Waals surface area contributed by atoms with Gasteiger partial charge in [0.25, 0.3) is 11.8 Å². The molecule has 4 rings (SSSR count). The zero-order valence-corrected chi connectivity index (χ0v) is 22.9. The van der Waals surface area contributed by atoms with Crippen LogP contribution in [0.5, 0.6) is 0 Å². The maximum absolute atomic E-state index is 13.4. The summed E-state index contributed by atoms with van der Waals surface area (Å²) in [6.45, 7) is 4.59. The Hall–Kier alpha value is -4.12. The normalized spacial score (nSPS) is 18.0. The second-order valence-corrected chi connectivity index (χ2v) is 10.1. The fourth-order valence-corrected chi connectivity index (χ4v) is 4.99. The van der Waals surface area contributed by atoms with Crippen LogP contribution >= 0.6 is 0 Å². The van der Waals surface area contributed by atoms with Crippen LogP contribution < -0.4 is 15.5 Å². The van der Waals surface area contributed by atoms with Crippen LogP contribution in [0.3, 0.4) is 0 Å². The molecule has 11 nitrogen and oxygen atoms in total. The van der Waals surface area contributed by atoms with Crippen LogP contribution in [0.25, 0.3) is 0 Å². The van der Waals surface area contributed by atoms with E-state index in [9.17, 15) is 24.3 Å². The first-order chi connectivity index (χ1) is 19.2. The molecule has 2 aromatic rings. The summed E-state index contributed by atoms with van der Waals surface area (Å²) >= 11 is 0. The number of nitrogens with zero attached hydrogens (tertiary/aromatic N) is 2. The Kier molecular flexibility index (Phi) is 9.60. The van der Waals surface area contributed by atoms with Crippen LogP contribution in [0.4, 0.5) is 16.2 Å². The van der Waals surface area contributed by atoms with E-state index in [0.29, 0.717) is 56.9 Å². The number of methoxy groups -OCH3 is 1. The monoisotopic (exact) mass is 552 g/mol. The van der Waals surface area contributed by atoms with Crippen molar-refractivity contribution >= 4 is 35.3 Å². The number of carboxylic acids is 1. The van der Waals surface area contributed by atoms with Crippen LogP contribution in [-0.4, -0.2) is 79.9 Å². The van der Waals surface area contributed by atoms with Crippen LogP contribution in [0, 0.1) is 6.92 Å². The van der Waals surface area contributed by atoms with Gasteiger partial charge >= 0.3 is 12.1 Å². The van der Waals surface area contributed by atoms with Gasteiger partial charge in [0.1, 0.15) is 6.10 Å². The molecule has 0 bridgehead atoms. The van der Waals surface area contributed by atoms with Gasteiger partial charge in [-0.3, -0.25) is 14.4 Å². The Morgan fingerprint density at radius 2 is 1.82 bits per heavy atom. The Morgan fingerprint density at radius 3 is 2.50 bits per heavy atom. The third-order valence-corrected chi connectivity index (χ3v) is 7.17. The summed E-state index contributed by atoms with van der Waals surface area (Å²) in [6, 6.07) is 11.6. The molecular weight excluding hydrogens is 516 g/mol. The number of benzene rings is 2. The summed E-state index contributed by atoms with van der Waals surface area (Å²) in [5, 5.41) is 15.2. The van der Waals surface area contributed by atoms with E-state index in [-0.39, 0.29) is 24.0 Å². The number of rotatable bonds is 8. The van der Waals surface area contributed by atoms with Crippen molar-refractivity contribution in [3.63, 3.8) is 0 Å². The molecule has 0 aliphatic carbocycles. The van der Waals surface area contributed by atoms with Crippen LogP contribution in [-0.2, 0) is 19.1 Å². The SMILES string of the molecule is COC(=O)N1CCCN(c2ccc(C(=O)NC(CC(=O)O)c3ccc(C)cc3)cc2NC(=O)C2CCCO2)CC1. The number of aliphatic carboxylic acids is 1. The number of anilines is 2. The molecular formula is C29H36N4O7. The number of hydrogen-bond acceptors (Lipinski definition) is 7. The lowest BCUT2D eigenvalue weighted by Gasteiger charge is -2.27. The number of aryl methyl sites for hydroxylation is 1. The largest absolute Gasteiger partial charge is 0.481 e. The van der Waals surface area contributed by atoms with Crippen LogP contribution in [0.1, 0.15) is 53.2 Å². The van der Waals surface area contributed by atoms with Gasteiger partial charge in [-0.2, -0.15) is 0 Å². The third-order valence-electron chi connectivity index (χ3n) is 7.17. The van der Waals surface area contributed by atoms with Crippen molar-refractivity contribution in [2.75, 3.05) is 50.1 Å². The zero-order chi connectivity index (χ0) is 28.6. The summed E-state index contributed by atoms with van der Waals surface area (Å²) in [5.41, 5.74) is 3.15. The zero-order valence-electron chi connectivity index (χ0n) is 22.9. The fourth-order valence-electron chi connectivity index (χ4n) is 4.99. The van der Waals surface area contributed by atoms with Gasteiger partial charge in [0.05, 0.1) is 30.9 Å². The number of carbonyl (C=O) groups excluding carboxylic acids is 3. The highest BCUT2D eigenvalue weighted by Crippen LogP contribution is 2.30. The van der Waals surface area contributed by atoms with Gasteiger partial charge < -0.3 is 35.0 Å². The lowest BCUT2D eigenvalue weighted by Crippen LogP contribution is -2.35. The molecule has 2 atom stereocenters. The van der Waals surface area contributed by atoms with E-state index >= 15 is 0 Å². The smallest absolute Gasteiger partial charge is 0.409 e. The van der Waals surface area contributed by atoms with E-state index in [1.54, 1.807) is 35.2 Å². The summed E-state index contributed by atoms with van der Waals surface area (Å²) in [4.78, 5) is 53.7. The van der Waals surface area contributed by atoms with E-state index in [1.807, 2.05) is 19.1 Å². The topological polar surface area (TPSA) is 138 Å². The number of ether oxygens (including phenoxy) is 2. The molecule has 214 valence electrons. The number of hydrogen-bond donors (Lipinski definition) is 3. The molecule has 3 amide bonds. The van der Waals surface area contributed by atoms with E-state index in [2.05, 4.69) is 15.5 Å². The molecule has 11 heteroatoms. The van der Waals surface area contributed by atoms with Gasteiger partial charge in [-0.05, 0) is 49.9 Å². The molecule has 2 aliphatic heterocycles. The molecule has 0 aromatic heterocycles. The maximum Gasteiger partial charge on any atom is 0.409 e. The molecule has 0 spiro atoms. The van der Waals surface area contributed by atoms with Gasteiger partial charge in [0.2, 0.25) is 0 Å². The van der Waals surface area contributed by atoms with Crippen molar-refractivity contribution < 1.29 is 33.8 Å². The van der Waals surface area contributed by atoms with E-state index in [1.165, 1.54) is 7.11 Å². The first-order valence-electron chi connectivity index (χ1n) is 13.5. The molecule has 2 saturated heterocycles. The number of nitrogens with one attached hydrogen (secondary N) is 2. The highest BCUT2D eigenvalue weighted by atomic mass is 16.5. The van der Waals surface area contributed by atoms with Crippen LogP contribution in [0.15, 0.2) is 42.5 Å². The van der Waals surface area contributed by atoms with Crippen molar-refractivity contribution in [1.29, 1.82) is 0 Å². The minimum Gasteiger partial charge on any atom is -0.481 e. The molecule has 2 unspecified atom stereocenters. The van der Waals surface area contributed by atoms with Gasteiger partial charge in [0.15, 0.2) is 0 Å². The van der Waals surface area contributed by atoms with Crippen molar-refractivity contribution in [2.24, 2.45) is 0 Å². The number of carboxylic acid groups (broad SMARTS) is 1. The minimum absolute atomic E-state index is 0.278. The molecule has 2 fully saturated rings. The number of carbonyl (C=O) groups is 4. The molecule has 2 heterocycles. The fraction of sp³-hybridized carbons (Fsp3) is 0.448. The Morgan fingerprint density at radius 1 is 1.05 bits per heavy atom. The molecule has 3 N–H and O–H groups in total. The number of amides is 3. The standard InChI is InChI=1S/C29H36N4O7/c1-19-6-8-20(9-7-19)22(18-26(34)35)30-27(36)21-10-11-24(23(17-21)31-28(37)25-5-3-16-40-25)32-12-4-13-33(15-14-32)29(38)39-2/h6-11,17,22,25H,3-5,12-16,18H2,1-2H3,(H,30,36)(H,31,37)(H,34,35). The Bertz CT molecular complexity index is 1230.